The molecule has 0 aromatic heterocycles. The van der Waals surface area contributed by atoms with Crippen LogP contribution in [0.4, 0.5) is 13.2 Å². The first kappa shape index (κ1) is 23.5. The van der Waals surface area contributed by atoms with Crippen molar-refractivity contribution in [3.63, 3.8) is 0 Å². The lowest BCUT2D eigenvalue weighted by Gasteiger charge is -2.23. The van der Waals surface area contributed by atoms with Gasteiger partial charge in [-0.25, -0.2) is 0 Å². The average Bonchev–Trinajstić information content (AvgIpc) is 2.64. The number of benzene rings is 1. The van der Waals surface area contributed by atoms with Gasteiger partial charge >= 0.3 is 19.7 Å². The second-order valence-corrected chi connectivity index (χ2v) is 8.00. The van der Waals surface area contributed by atoms with Crippen molar-refractivity contribution in [2.24, 2.45) is 0 Å². The molecule has 0 spiro atoms. The summed E-state index contributed by atoms with van der Waals surface area (Å²) < 4.78 is 70.5. The van der Waals surface area contributed by atoms with Crippen LogP contribution in [0.15, 0.2) is 24.3 Å². The molecule has 0 bridgehead atoms. The fourth-order valence-corrected chi connectivity index (χ4v) is 3.66. The molecule has 1 unspecified atom stereocenters. The minimum absolute atomic E-state index is 0.0288. The SMILES string of the molecule is CCCC(OC(=O)CCCOc1cccc(C(F)(F)F)c1)P(=O)(OC)OC. The molecule has 0 aliphatic carbocycles. The molecule has 0 heterocycles. The van der Waals surface area contributed by atoms with E-state index in [1.165, 1.54) is 26.4 Å². The van der Waals surface area contributed by atoms with Crippen molar-refractivity contribution in [3.05, 3.63) is 29.8 Å². The van der Waals surface area contributed by atoms with Gasteiger partial charge in [-0.1, -0.05) is 19.4 Å². The van der Waals surface area contributed by atoms with Crippen molar-refractivity contribution in [3.8, 4) is 5.75 Å². The van der Waals surface area contributed by atoms with Crippen molar-refractivity contribution in [2.75, 3.05) is 20.8 Å². The first-order valence-corrected chi connectivity index (χ1v) is 9.98. The third kappa shape index (κ3) is 7.52. The zero-order chi connectivity index (χ0) is 20.5. The number of esters is 1. The summed E-state index contributed by atoms with van der Waals surface area (Å²) in [7, 11) is -1.13. The van der Waals surface area contributed by atoms with Gasteiger partial charge in [-0.2, -0.15) is 13.2 Å². The largest absolute Gasteiger partial charge is 0.494 e. The van der Waals surface area contributed by atoms with E-state index >= 15 is 0 Å². The van der Waals surface area contributed by atoms with Gasteiger partial charge in [0.15, 0.2) is 0 Å². The van der Waals surface area contributed by atoms with E-state index in [1.54, 1.807) is 0 Å². The van der Waals surface area contributed by atoms with Crippen molar-refractivity contribution < 1.29 is 41.1 Å². The van der Waals surface area contributed by atoms with Gasteiger partial charge in [0, 0.05) is 20.6 Å². The third-order valence-electron chi connectivity index (χ3n) is 3.62. The molecule has 0 radical (unpaired) electrons. The van der Waals surface area contributed by atoms with Crippen molar-refractivity contribution in [1.29, 1.82) is 0 Å². The minimum Gasteiger partial charge on any atom is -0.494 e. The summed E-state index contributed by atoms with van der Waals surface area (Å²) >= 11 is 0. The van der Waals surface area contributed by atoms with Crippen LogP contribution in [0.25, 0.3) is 0 Å². The first-order valence-electron chi connectivity index (χ1n) is 8.37. The molecule has 0 aliphatic heterocycles. The van der Waals surface area contributed by atoms with Gasteiger partial charge in [0.05, 0.1) is 12.2 Å². The predicted octanol–water partition coefficient (Wildman–Crippen LogP) is 5.02. The maximum Gasteiger partial charge on any atom is 0.416 e. The Morgan fingerprint density at radius 1 is 1.22 bits per heavy atom. The second kappa shape index (κ2) is 10.7. The maximum absolute atomic E-state index is 12.6. The summed E-state index contributed by atoms with van der Waals surface area (Å²) in [6.07, 6.45) is -3.36. The van der Waals surface area contributed by atoms with Crippen LogP contribution in [0.3, 0.4) is 0 Å². The lowest BCUT2D eigenvalue weighted by molar-refractivity contribution is -0.146. The zero-order valence-corrected chi connectivity index (χ0v) is 16.3. The quantitative estimate of drug-likeness (QED) is 0.289. The Morgan fingerprint density at radius 2 is 1.89 bits per heavy atom. The average molecular weight is 412 g/mol. The Hall–Kier alpha value is -1.57. The van der Waals surface area contributed by atoms with E-state index in [-0.39, 0.29) is 25.2 Å². The Bertz CT molecular complexity index is 642. The van der Waals surface area contributed by atoms with Gasteiger partial charge < -0.3 is 18.5 Å². The molecular formula is C17H24F3O6P. The van der Waals surface area contributed by atoms with E-state index < -0.39 is 31.1 Å². The Morgan fingerprint density at radius 3 is 2.44 bits per heavy atom. The van der Waals surface area contributed by atoms with E-state index in [0.29, 0.717) is 12.8 Å². The van der Waals surface area contributed by atoms with Gasteiger partial charge in [-0.15, -0.1) is 0 Å². The van der Waals surface area contributed by atoms with E-state index in [0.717, 1.165) is 12.1 Å². The maximum atomic E-state index is 12.6. The normalized spacial score (nSPS) is 13.3. The summed E-state index contributed by atoms with van der Waals surface area (Å²) in [4.78, 5) is 11.9. The fourth-order valence-electron chi connectivity index (χ4n) is 2.22. The summed E-state index contributed by atoms with van der Waals surface area (Å²) in [5.74, 6) is -1.56. The fraction of sp³-hybridized carbons (Fsp3) is 0.588. The molecule has 27 heavy (non-hydrogen) atoms. The highest BCUT2D eigenvalue weighted by molar-refractivity contribution is 7.54. The molecule has 0 saturated heterocycles. The summed E-state index contributed by atoms with van der Waals surface area (Å²) in [6.45, 7) is 1.86. The summed E-state index contributed by atoms with van der Waals surface area (Å²) in [6, 6.07) is 4.48. The molecular weight excluding hydrogens is 388 g/mol. The minimum atomic E-state index is -4.45. The van der Waals surface area contributed by atoms with Gasteiger partial charge in [0.2, 0.25) is 5.85 Å². The van der Waals surface area contributed by atoms with Crippen LogP contribution < -0.4 is 4.74 Å². The number of rotatable bonds is 11. The monoisotopic (exact) mass is 412 g/mol. The highest BCUT2D eigenvalue weighted by atomic mass is 31.2. The van der Waals surface area contributed by atoms with Crippen LogP contribution in [-0.4, -0.2) is 32.6 Å². The number of ether oxygens (including phenoxy) is 2. The summed E-state index contributed by atoms with van der Waals surface area (Å²) in [5, 5.41) is 0. The lowest BCUT2D eigenvalue weighted by atomic mass is 10.2. The van der Waals surface area contributed by atoms with Crippen molar-refractivity contribution >= 4 is 13.6 Å². The van der Waals surface area contributed by atoms with E-state index in [1.807, 2.05) is 6.92 Å². The Labute approximate surface area is 156 Å². The van der Waals surface area contributed by atoms with Crippen molar-refractivity contribution in [2.45, 2.75) is 44.6 Å². The molecule has 6 nitrogen and oxygen atoms in total. The smallest absolute Gasteiger partial charge is 0.416 e. The first-order chi connectivity index (χ1) is 12.7. The molecule has 10 heteroatoms. The molecule has 1 aromatic rings. The molecule has 154 valence electrons. The van der Waals surface area contributed by atoms with Crippen LogP contribution in [0.1, 0.15) is 38.2 Å². The van der Waals surface area contributed by atoms with Crippen LogP contribution >= 0.6 is 7.60 Å². The Kier molecular flexibility index (Phi) is 9.29. The molecule has 1 rings (SSSR count). The topological polar surface area (TPSA) is 71.1 Å². The van der Waals surface area contributed by atoms with E-state index in [4.69, 9.17) is 18.5 Å². The highest BCUT2D eigenvalue weighted by Gasteiger charge is 2.36. The third-order valence-corrected chi connectivity index (χ3v) is 5.71. The molecule has 0 N–H and O–H groups in total. The van der Waals surface area contributed by atoms with Crippen LogP contribution in [0, 0.1) is 0 Å². The second-order valence-electron chi connectivity index (χ2n) is 5.62. The highest BCUT2D eigenvalue weighted by Crippen LogP contribution is 2.53. The van der Waals surface area contributed by atoms with Crippen LogP contribution in [0.2, 0.25) is 0 Å². The number of halogens is 3. The zero-order valence-electron chi connectivity index (χ0n) is 15.5. The van der Waals surface area contributed by atoms with Gasteiger partial charge in [0.1, 0.15) is 5.75 Å². The molecule has 0 fully saturated rings. The number of carbonyl (C=O) groups excluding carboxylic acids is 1. The van der Waals surface area contributed by atoms with E-state index in [2.05, 4.69) is 0 Å². The van der Waals surface area contributed by atoms with Gasteiger partial charge in [-0.05, 0) is 31.0 Å². The molecule has 0 amide bonds. The number of hydrogen-bond donors (Lipinski definition) is 0. The number of hydrogen-bond acceptors (Lipinski definition) is 6. The molecule has 1 aromatic carbocycles. The van der Waals surface area contributed by atoms with Gasteiger partial charge in [0.25, 0.3) is 0 Å². The van der Waals surface area contributed by atoms with Gasteiger partial charge in [-0.3, -0.25) is 9.36 Å². The molecule has 1 atom stereocenters. The van der Waals surface area contributed by atoms with Crippen molar-refractivity contribution in [1.82, 2.24) is 0 Å². The number of carbonyl (C=O) groups is 1. The van der Waals surface area contributed by atoms with E-state index in [9.17, 15) is 22.5 Å². The Balaban J connectivity index is 2.50. The number of alkyl halides is 3. The molecule has 0 saturated carbocycles. The summed E-state index contributed by atoms with van der Waals surface area (Å²) in [5.41, 5.74) is -0.809. The van der Waals surface area contributed by atoms with Crippen LogP contribution in [0.5, 0.6) is 5.75 Å². The lowest BCUT2D eigenvalue weighted by Crippen LogP contribution is -2.20. The van der Waals surface area contributed by atoms with Crippen LogP contribution in [-0.2, 0) is 29.3 Å². The molecule has 0 aliphatic rings. The standard InChI is InChI=1S/C17H24F3O6P/c1-4-7-16(27(22,23-2)24-3)26-15(21)10-6-11-25-14-9-5-8-13(12-14)17(18,19)20/h5,8-9,12,16H,4,6-7,10-11H2,1-3H3. The predicted molar refractivity (Wildman–Crippen MR) is 92.6 cm³/mol.